The molecular weight excluding hydrogens is 735 g/mol. The summed E-state index contributed by atoms with van der Waals surface area (Å²) in [6, 6.07) is 65.7. The van der Waals surface area contributed by atoms with E-state index in [0.29, 0.717) is 17.5 Å². The van der Waals surface area contributed by atoms with Crippen LogP contribution in [0.2, 0.25) is 0 Å². The summed E-state index contributed by atoms with van der Waals surface area (Å²) in [5, 5.41) is 13.4. The van der Waals surface area contributed by atoms with Gasteiger partial charge in [0.1, 0.15) is 22.3 Å². The number of aromatic nitrogens is 3. The summed E-state index contributed by atoms with van der Waals surface area (Å²) in [4.78, 5) is 16.0. The summed E-state index contributed by atoms with van der Waals surface area (Å²) in [6.45, 7) is 0. The Morgan fingerprint density at radius 1 is 0.283 bits per heavy atom. The van der Waals surface area contributed by atoms with E-state index in [4.69, 9.17) is 23.8 Å². The van der Waals surface area contributed by atoms with E-state index in [1.165, 1.54) is 16.2 Å². The first-order chi connectivity index (χ1) is 29.7. The molecule has 3 heterocycles. The summed E-state index contributed by atoms with van der Waals surface area (Å²) in [5.41, 5.74) is 8.18. The highest BCUT2D eigenvalue weighted by atomic mass is 16.3. The SMILES string of the molecule is c1ccc2c(c1)ccc1cc(-c3nc(-c4ccc(-c5cccc6oc7ccccc7c56)c5ccccc45)nc(-c4cc5ccccc5c5c4oc4ccccc45)n3)ccc12. The van der Waals surface area contributed by atoms with E-state index in [-0.39, 0.29) is 0 Å². The third-order valence-electron chi connectivity index (χ3n) is 12.1. The Kier molecular flexibility index (Phi) is 6.95. The van der Waals surface area contributed by atoms with Gasteiger partial charge in [0.25, 0.3) is 0 Å². The van der Waals surface area contributed by atoms with Crippen LogP contribution in [0.1, 0.15) is 0 Å². The lowest BCUT2D eigenvalue weighted by atomic mass is 9.92. The molecule has 0 aliphatic heterocycles. The normalized spacial score (nSPS) is 12.0. The second-order valence-electron chi connectivity index (χ2n) is 15.5. The first-order valence-electron chi connectivity index (χ1n) is 20.2. The van der Waals surface area contributed by atoms with Crippen molar-refractivity contribution in [3.8, 4) is 45.3 Å². The molecule has 0 saturated carbocycles. The van der Waals surface area contributed by atoms with Crippen LogP contribution in [-0.2, 0) is 0 Å². The van der Waals surface area contributed by atoms with Crippen molar-refractivity contribution in [2.24, 2.45) is 0 Å². The molecule has 0 spiro atoms. The molecule has 0 bridgehead atoms. The van der Waals surface area contributed by atoms with E-state index in [1.54, 1.807) is 0 Å². The van der Waals surface area contributed by atoms with Crippen LogP contribution in [0.5, 0.6) is 0 Å². The van der Waals surface area contributed by atoms with Gasteiger partial charge in [0.15, 0.2) is 17.5 Å². The standard InChI is InChI=1S/C55H31N3O2/c1-3-14-36-32(12-1)24-25-34-30-35(26-27-37(34)36)53-56-54(58-55(57-53)46-31-33-13-2-4-15-38(33)51-45-19-8-10-22-48(45)60-52(46)51)43-29-28-41(39-16-5-6-17-40(39)43)42-20-11-23-49-50(42)44-18-7-9-21-47(44)59-49/h1-31H. The number of benzene rings is 10. The zero-order valence-electron chi connectivity index (χ0n) is 32.1. The van der Waals surface area contributed by atoms with Crippen LogP contribution in [-0.4, -0.2) is 15.0 Å². The van der Waals surface area contributed by atoms with Gasteiger partial charge >= 0.3 is 0 Å². The molecule has 10 aromatic carbocycles. The summed E-state index contributed by atoms with van der Waals surface area (Å²) >= 11 is 0. The number of hydrogen-bond donors (Lipinski definition) is 0. The van der Waals surface area contributed by atoms with Gasteiger partial charge in [-0.05, 0) is 90.6 Å². The van der Waals surface area contributed by atoms with Crippen LogP contribution in [0.3, 0.4) is 0 Å². The van der Waals surface area contributed by atoms with Gasteiger partial charge in [0.05, 0.1) is 5.56 Å². The van der Waals surface area contributed by atoms with E-state index in [0.717, 1.165) is 98.6 Å². The van der Waals surface area contributed by atoms with Gasteiger partial charge in [0.2, 0.25) is 0 Å². The molecule has 0 radical (unpaired) electrons. The minimum Gasteiger partial charge on any atom is -0.456 e. The second-order valence-corrected chi connectivity index (χ2v) is 15.5. The largest absolute Gasteiger partial charge is 0.456 e. The average molecular weight is 766 g/mol. The molecule has 0 N–H and O–H groups in total. The predicted molar refractivity (Wildman–Crippen MR) is 246 cm³/mol. The summed E-state index contributed by atoms with van der Waals surface area (Å²) < 4.78 is 13.0. The molecule has 0 atom stereocenters. The van der Waals surface area contributed by atoms with Gasteiger partial charge in [0, 0.05) is 32.7 Å². The number of rotatable bonds is 4. The van der Waals surface area contributed by atoms with Crippen molar-refractivity contribution in [3.05, 3.63) is 188 Å². The van der Waals surface area contributed by atoms with Crippen LogP contribution in [0.4, 0.5) is 0 Å². The molecule has 13 rings (SSSR count). The number of para-hydroxylation sites is 2. The van der Waals surface area contributed by atoms with Crippen molar-refractivity contribution < 1.29 is 8.83 Å². The van der Waals surface area contributed by atoms with E-state index in [1.807, 2.05) is 30.3 Å². The van der Waals surface area contributed by atoms with Crippen LogP contribution in [0.15, 0.2) is 197 Å². The molecule has 0 aliphatic rings. The molecule has 0 aliphatic carbocycles. The van der Waals surface area contributed by atoms with Crippen LogP contribution in [0.25, 0.3) is 132 Å². The Morgan fingerprint density at radius 2 is 0.833 bits per heavy atom. The topological polar surface area (TPSA) is 65.0 Å². The third-order valence-corrected chi connectivity index (χ3v) is 12.1. The van der Waals surface area contributed by atoms with Crippen LogP contribution < -0.4 is 0 Å². The van der Waals surface area contributed by atoms with Crippen LogP contribution >= 0.6 is 0 Å². The van der Waals surface area contributed by atoms with Crippen molar-refractivity contribution in [1.82, 2.24) is 15.0 Å². The molecule has 13 aromatic rings. The summed E-state index contributed by atoms with van der Waals surface area (Å²) in [6.07, 6.45) is 0. The number of hydrogen-bond acceptors (Lipinski definition) is 5. The molecule has 0 amide bonds. The third kappa shape index (κ3) is 4.90. The summed E-state index contributed by atoms with van der Waals surface area (Å²) in [7, 11) is 0. The second kappa shape index (κ2) is 12.7. The lowest BCUT2D eigenvalue weighted by Crippen LogP contribution is -2.01. The number of nitrogens with zero attached hydrogens (tertiary/aromatic N) is 3. The average Bonchev–Trinajstić information content (AvgIpc) is 3.90. The fraction of sp³-hybridized carbons (Fsp3) is 0. The smallest absolute Gasteiger partial charge is 0.167 e. The molecule has 0 saturated heterocycles. The van der Waals surface area contributed by atoms with Gasteiger partial charge in [-0.15, -0.1) is 0 Å². The molecular formula is C55H31N3O2. The Labute approximate surface area is 342 Å². The molecule has 3 aromatic heterocycles. The first-order valence-corrected chi connectivity index (χ1v) is 20.2. The quantitative estimate of drug-likeness (QED) is 0.167. The van der Waals surface area contributed by atoms with E-state index in [2.05, 4.69) is 158 Å². The summed E-state index contributed by atoms with van der Waals surface area (Å²) in [5.74, 6) is 1.72. The van der Waals surface area contributed by atoms with Crippen molar-refractivity contribution >= 4 is 87.0 Å². The Bertz CT molecular complexity index is 3910. The first kappa shape index (κ1) is 32.9. The highest BCUT2D eigenvalue weighted by molar-refractivity contribution is 6.22. The fourth-order valence-corrected chi connectivity index (χ4v) is 9.37. The fourth-order valence-electron chi connectivity index (χ4n) is 9.37. The zero-order valence-corrected chi connectivity index (χ0v) is 32.1. The maximum Gasteiger partial charge on any atom is 0.167 e. The van der Waals surface area contributed by atoms with Gasteiger partial charge in [-0.3, -0.25) is 0 Å². The molecule has 0 unspecified atom stereocenters. The Balaban J connectivity index is 1.08. The molecule has 60 heavy (non-hydrogen) atoms. The van der Waals surface area contributed by atoms with Gasteiger partial charge in [-0.2, -0.15) is 0 Å². The predicted octanol–water partition coefficient (Wildman–Crippen LogP) is 15.0. The zero-order chi connectivity index (χ0) is 39.3. The minimum atomic E-state index is 0.547. The van der Waals surface area contributed by atoms with Crippen molar-refractivity contribution in [2.45, 2.75) is 0 Å². The Morgan fingerprint density at radius 3 is 1.65 bits per heavy atom. The maximum absolute atomic E-state index is 6.72. The van der Waals surface area contributed by atoms with Crippen molar-refractivity contribution in [2.75, 3.05) is 0 Å². The van der Waals surface area contributed by atoms with Crippen LogP contribution in [0, 0.1) is 0 Å². The number of furan rings is 2. The maximum atomic E-state index is 6.72. The molecule has 0 fully saturated rings. The van der Waals surface area contributed by atoms with E-state index < -0.39 is 0 Å². The van der Waals surface area contributed by atoms with Gasteiger partial charge in [-0.25, -0.2) is 15.0 Å². The highest BCUT2D eigenvalue weighted by Gasteiger charge is 2.22. The van der Waals surface area contributed by atoms with Crippen molar-refractivity contribution in [3.63, 3.8) is 0 Å². The van der Waals surface area contributed by atoms with Crippen molar-refractivity contribution in [1.29, 1.82) is 0 Å². The lowest BCUT2D eigenvalue weighted by molar-refractivity contribution is 0.669. The van der Waals surface area contributed by atoms with Gasteiger partial charge < -0.3 is 8.83 Å². The minimum absolute atomic E-state index is 0.547. The highest BCUT2D eigenvalue weighted by Crippen LogP contribution is 2.44. The molecule has 5 nitrogen and oxygen atoms in total. The monoisotopic (exact) mass is 765 g/mol. The molecule has 5 heteroatoms. The van der Waals surface area contributed by atoms with E-state index in [9.17, 15) is 0 Å². The lowest BCUT2D eigenvalue weighted by Gasteiger charge is -2.14. The number of fused-ring (bicyclic) bond motifs is 12. The van der Waals surface area contributed by atoms with E-state index >= 15 is 0 Å². The Hall–Kier alpha value is -8.15. The molecule has 278 valence electrons. The van der Waals surface area contributed by atoms with Gasteiger partial charge in [-0.1, -0.05) is 152 Å².